The minimum atomic E-state index is 0.0125. The molecule has 78 valence electrons. The summed E-state index contributed by atoms with van der Waals surface area (Å²) in [4.78, 5) is 3.93. The van der Waals surface area contributed by atoms with Gasteiger partial charge in [0.25, 0.3) is 0 Å². The van der Waals surface area contributed by atoms with Crippen LogP contribution in [0.3, 0.4) is 0 Å². The normalized spacial score (nSPS) is 12.4. The number of ether oxygens (including phenoxy) is 2. The van der Waals surface area contributed by atoms with Crippen molar-refractivity contribution >= 4 is 5.69 Å². The minimum absolute atomic E-state index is 0.0125. The molecule has 0 spiro atoms. The van der Waals surface area contributed by atoms with Crippen molar-refractivity contribution in [2.75, 3.05) is 18.9 Å². The Kier molecular flexibility index (Phi) is 4.19. The Balaban J connectivity index is 2.43. The number of rotatable bonds is 5. The predicted octanol–water partition coefficient (Wildman–Crippen LogP) is 1.47. The van der Waals surface area contributed by atoms with E-state index in [1.165, 1.54) is 0 Å². The van der Waals surface area contributed by atoms with Crippen LogP contribution in [0.15, 0.2) is 18.5 Å². The van der Waals surface area contributed by atoms with E-state index in [-0.39, 0.29) is 6.10 Å². The highest BCUT2D eigenvalue weighted by Gasteiger charge is 2.03. The molecule has 14 heavy (non-hydrogen) atoms. The molecule has 0 aliphatic rings. The first-order chi connectivity index (χ1) is 6.72. The van der Waals surface area contributed by atoms with Gasteiger partial charge in [-0.15, -0.1) is 0 Å². The average Bonchev–Trinajstić information content (AvgIpc) is 2.15. The molecule has 0 aliphatic heterocycles. The van der Waals surface area contributed by atoms with Crippen LogP contribution in [0.1, 0.15) is 13.8 Å². The van der Waals surface area contributed by atoms with Crippen LogP contribution in [0.25, 0.3) is 0 Å². The van der Waals surface area contributed by atoms with Crippen LogP contribution in [-0.2, 0) is 4.74 Å². The van der Waals surface area contributed by atoms with Crippen molar-refractivity contribution < 1.29 is 9.47 Å². The Morgan fingerprint density at radius 3 is 2.93 bits per heavy atom. The first kappa shape index (κ1) is 10.8. The van der Waals surface area contributed by atoms with Crippen LogP contribution in [0.5, 0.6) is 5.75 Å². The topological polar surface area (TPSA) is 57.4 Å². The van der Waals surface area contributed by atoms with E-state index in [0.29, 0.717) is 24.7 Å². The first-order valence-electron chi connectivity index (χ1n) is 4.67. The zero-order chi connectivity index (χ0) is 10.4. The third-order valence-corrected chi connectivity index (χ3v) is 1.63. The fourth-order valence-corrected chi connectivity index (χ4v) is 1.05. The van der Waals surface area contributed by atoms with Gasteiger partial charge in [0.05, 0.1) is 24.7 Å². The molecule has 1 atom stereocenters. The predicted molar refractivity (Wildman–Crippen MR) is 55.2 cm³/mol. The number of aromatic nitrogens is 1. The molecule has 0 radical (unpaired) electrons. The summed E-state index contributed by atoms with van der Waals surface area (Å²) in [5.74, 6) is 0.678. The lowest BCUT2D eigenvalue weighted by Crippen LogP contribution is -2.19. The van der Waals surface area contributed by atoms with Crippen LogP contribution in [0, 0.1) is 0 Å². The molecule has 2 N–H and O–H groups in total. The molecule has 4 heteroatoms. The molecule has 4 nitrogen and oxygen atoms in total. The summed E-state index contributed by atoms with van der Waals surface area (Å²) in [6.07, 6.45) is 3.23. The lowest BCUT2D eigenvalue weighted by Gasteiger charge is -2.14. The molecule has 0 fully saturated rings. The van der Waals surface area contributed by atoms with E-state index >= 15 is 0 Å². The molecular weight excluding hydrogens is 180 g/mol. The van der Waals surface area contributed by atoms with Gasteiger partial charge in [0.1, 0.15) is 11.9 Å². The largest absolute Gasteiger partial charge is 0.487 e. The van der Waals surface area contributed by atoms with E-state index in [2.05, 4.69) is 4.98 Å². The fraction of sp³-hybridized carbons (Fsp3) is 0.500. The highest BCUT2D eigenvalue weighted by atomic mass is 16.5. The second-order valence-electron chi connectivity index (χ2n) is 3.04. The van der Waals surface area contributed by atoms with Crippen molar-refractivity contribution in [3.8, 4) is 5.75 Å². The molecule has 0 saturated heterocycles. The number of anilines is 1. The quantitative estimate of drug-likeness (QED) is 0.774. The summed E-state index contributed by atoms with van der Waals surface area (Å²) in [5, 5.41) is 0. The maximum absolute atomic E-state index is 5.56. The summed E-state index contributed by atoms with van der Waals surface area (Å²) in [5.41, 5.74) is 6.16. The molecule has 0 aromatic carbocycles. The van der Waals surface area contributed by atoms with Gasteiger partial charge in [-0.1, -0.05) is 0 Å². The van der Waals surface area contributed by atoms with E-state index in [1.807, 2.05) is 13.8 Å². The molecular formula is C10H16N2O2. The van der Waals surface area contributed by atoms with E-state index in [0.717, 1.165) is 0 Å². The number of nitrogens with zero attached hydrogens (tertiary/aromatic N) is 1. The van der Waals surface area contributed by atoms with E-state index in [4.69, 9.17) is 15.2 Å². The second-order valence-corrected chi connectivity index (χ2v) is 3.04. The third-order valence-electron chi connectivity index (χ3n) is 1.63. The molecule has 0 saturated carbocycles. The average molecular weight is 196 g/mol. The number of pyridine rings is 1. The Labute approximate surface area is 84.0 Å². The van der Waals surface area contributed by atoms with Gasteiger partial charge < -0.3 is 15.2 Å². The number of nitrogen functional groups attached to an aromatic ring is 1. The maximum atomic E-state index is 5.56. The van der Waals surface area contributed by atoms with Gasteiger partial charge in [-0.05, 0) is 13.8 Å². The van der Waals surface area contributed by atoms with Crippen molar-refractivity contribution in [1.29, 1.82) is 0 Å². The van der Waals surface area contributed by atoms with E-state index < -0.39 is 0 Å². The zero-order valence-electron chi connectivity index (χ0n) is 8.56. The number of hydrogen-bond acceptors (Lipinski definition) is 4. The van der Waals surface area contributed by atoms with Crippen molar-refractivity contribution in [3.63, 3.8) is 0 Å². The second kappa shape index (κ2) is 5.44. The lowest BCUT2D eigenvalue weighted by molar-refractivity contribution is 0.0656. The highest BCUT2D eigenvalue weighted by molar-refractivity contribution is 5.39. The molecule has 1 unspecified atom stereocenters. The minimum Gasteiger partial charge on any atom is -0.487 e. The number of nitrogens with two attached hydrogens (primary N) is 1. The first-order valence-corrected chi connectivity index (χ1v) is 4.67. The summed E-state index contributed by atoms with van der Waals surface area (Å²) in [7, 11) is 0. The van der Waals surface area contributed by atoms with Crippen LogP contribution < -0.4 is 10.5 Å². The Bertz CT molecular complexity index is 279. The monoisotopic (exact) mass is 196 g/mol. The molecule has 1 aromatic heterocycles. The van der Waals surface area contributed by atoms with Crippen molar-refractivity contribution in [2.24, 2.45) is 0 Å². The van der Waals surface area contributed by atoms with Gasteiger partial charge >= 0.3 is 0 Å². The van der Waals surface area contributed by atoms with Gasteiger partial charge in [-0.2, -0.15) is 0 Å². The van der Waals surface area contributed by atoms with Crippen LogP contribution in [0.4, 0.5) is 5.69 Å². The summed E-state index contributed by atoms with van der Waals surface area (Å²) >= 11 is 0. The van der Waals surface area contributed by atoms with Gasteiger partial charge in [0.15, 0.2) is 0 Å². The lowest BCUT2D eigenvalue weighted by atomic mass is 10.4. The van der Waals surface area contributed by atoms with Crippen molar-refractivity contribution in [1.82, 2.24) is 4.98 Å². The molecule has 0 aliphatic carbocycles. The molecule has 1 aromatic rings. The SMILES string of the molecule is CCOCC(C)Oc1cncc(N)c1. The van der Waals surface area contributed by atoms with Gasteiger partial charge in [-0.3, -0.25) is 4.98 Å². The van der Waals surface area contributed by atoms with Gasteiger partial charge in [0.2, 0.25) is 0 Å². The zero-order valence-corrected chi connectivity index (χ0v) is 8.56. The van der Waals surface area contributed by atoms with E-state index in [9.17, 15) is 0 Å². The molecule has 1 rings (SSSR count). The van der Waals surface area contributed by atoms with Gasteiger partial charge in [-0.25, -0.2) is 0 Å². The van der Waals surface area contributed by atoms with Crippen LogP contribution in [-0.4, -0.2) is 24.3 Å². The Morgan fingerprint density at radius 1 is 1.50 bits per heavy atom. The summed E-state index contributed by atoms with van der Waals surface area (Å²) in [6, 6.07) is 1.75. The molecule has 0 bridgehead atoms. The number of hydrogen-bond donors (Lipinski definition) is 1. The highest BCUT2D eigenvalue weighted by Crippen LogP contribution is 2.13. The van der Waals surface area contributed by atoms with Crippen molar-refractivity contribution in [3.05, 3.63) is 18.5 Å². The van der Waals surface area contributed by atoms with Crippen LogP contribution >= 0.6 is 0 Å². The summed E-state index contributed by atoms with van der Waals surface area (Å²) in [6.45, 7) is 5.17. The fourth-order valence-electron chi connectivity index (χ4n) is 1.05. The third kappa shape index (κ3) is 3.62. The van der Waals surface area contributed by atoms with Gasteiger partial charge in [0, 0.05) is 12.7 Å². The maximum Gasteiger partial charge on any atom is 0.140 e. The Morgan fingerprint density at radius 2 is 2.29 bits per heavy atom. The van der Waals surface area contributed by atoms with Crippen molar-refractivity contribution in [2.45, 2.75) is 20.0 Å². The van der Waals surface area contributed by atoms with Crippen LogP contribution in [0.2, 0.25) is 0 Å². The smallest absolute Gasteiger partial charge is 0.140 e. The molecule has 0 amide bonds. The standard InChI is InChI=1S/C10H16N2O2/c1-3-13-7-8(2)14-10-4-9(11)5-12-6-10/h4-6,8H,3,7,11H2,1-2H3. The summed E-state index contributed by atoms with van der Waals surface area (Å²) < 4.78 is 10.8. The van der Waals surface area contributed by atoms with E-state index in [1.54, 1.807) is 18.5 Å². The Hall–Kier alpha value is -1.29. The molecule has 1 heterocycles.